The number of aromatic nitrogens is 1. The second kappa shape index (κ2) is 5.29. The molecule has 0 amide bonds. The van der Waals surface area contributed by atoms with Crippen LogP contribution in [0.5, 0.6) is 0 Å². The highest BCUT2D eigenvalue weighted by Crippen LogP contribution is 2.35. The largest absolute Gasteiger partial charge is 0.360 e. The maximum atomic E-state index is 11.6. The first-order valence-corrected chi connectivity index (χ1v) is 6.30. The topological polar surface area (TPSA) is 75.4 Å². The fourth-order valence-corrected chi connectivity index (χ4v) is 2.69. The molecule has 2 rings (SSSR count). The maximum Gasteiger partial charge on any atom is 0.360 e. The minimum absolute atomic E-state index is 0.0363. The molecule has 1 unspecified atom stereocenters. The summed E-state index contributed by atoms with van der Waals surface area (Å²) in [6.45, 7) is 2.02. The molecule has 17 heavy (non-hydrogen) atoms. The van der Waals surface area contributed by atoms with Gasteiger partial charge in [0.05, 0.1) is 11.3 Å². The highest BCUT2D eigenvalue weighted by atomic mass is 16.5. The van der Waals surface area contributed by atoms with E-state index < -0.39 is 0 Å². The van der Waals surface area contributed by atoms with E-state index in [1.165, 1.54) is 0 Å². The van der Waals surface area contributed by atoms with Gasteiger partial charge in [-0.3, -0.25) is 0 Å². The van der Waals surface area contributed by atoms with Gasteiger partial charge < -0.3 is 4.52 Å². The number of H-pyrrole nitrogens is 1. The van der Waals surface area contributed by atoms with Crippen molar-refractivity contribution in [3.63, 3.8) is 0 Å². The molecule has 0 aromatic carbocycles. The molecule has 1 N–H and O–H groups in total. The van der Waals surface area contributed by atoms with Crippen molar-refractivity contribution in [3.05, 3.63) is 26.6 Å². The lowest BCUT2D eigenvalue weighted by molar-refractivity contribution is 0.343. The first-order chi connectivity index (χ1) is 8.27. The van der Waals surface area contributed by atoms with E-state index in [2.05, 4.69) is 10.3 Å². The van der Waals surface area contributed by atoms with Crippen LogP contribution in [-0.4, -0.2) is 11.2 Å². The fourth-order valence-electron chi connectivity index (χ4n) is 2.69. The van der Waals surface area contributed by atoms with Gasteiger partial charge in [-0.15, -0.1) is 0 Å². The summed E-state index contributed by atoms with van der Waals surface area (Å²) in [6, 6.07) is -0.215. The van der Waals surface area contributed by atoms with Gasteiger partial charge in [0.2, 0.25) is 0 Å². The van der Waals surface area contributed by atoms with E-state index in [-0.39, 0.29) is 17.6 Å². The molecular formula is C12H18N2O3. The van der Waals surface area contributed by atoms with Crippen molar-refractivity contribution in [3.8, 4) is 0 Å². The second-order valence-electron chi connectivity index (χ2n) is 4.70. The molecule has 1 aromatic rings. The molecule has 0 radical (unpaired) electrons. The van der Waals surface area contributed by atoms with Crippen molar-refractivity contribution in [2.45, 2.75) is 57.4 Å². The van der Waals surface area contributed by atoms with Crippen LogP contribution in [0, 0.1) is 4.91 Å². The maximum absolute atomic E-state index is 11.6. The minimum atomic E-state index is -0.294. The Balaban J connectivity index is 2.31. The average molecular weight is 238 g/mol. The molecule has 1 aliphatic rings. The summed E-state index contributed by atoms with van der Waals surface area (Å²) >= 11 is 0. The molecule has 0 bridgehead atoms. The summed E-state index contributed by atoms with van der Waals surface area (Å²) in [6.07, 6.45) is 5.42. The smallest absolute Gasteiger partial charge is 0.339 e. The first-order valence-electron chi connectivity index (χ1n) is 6.30. The Hall–Kier alpha value is -1.39. The van der Waals surface area contributed by atoms with Gasteiger partial charge in [0, 0.05) is 5.92 Å². The van der Waals surface area contributed by atoms with Gasteiger partial charge in [-0.1, -0.05) is 31.4 Å². The van der Waals surface area contributed by atoms with E-state index in [0.717, 1.165) is 37.8 Å². The predicted octanol–water partition coefficient (Wildman–Crippen LogP) is 2.71. The van der Waals surface area contributed by atoms with Crippen molar-refractivity contribution in [2.24, 2.45) is 5.18 Å². The average Bonchev–Trinajstić information content (AvgIpc) is 2.72. The van der Waals surface area contributed by atoms with Crippen molar-refractivity contribution in [1.82, 2.24) is 5.16 Å². The molecule has 1 saturated carbocycles. The Morgan fingerprint density at radius 2 is 2.18 bits per heavy atom. The summed E-state index contributed by atoms with van der Waals surface area (Å²) in [4.78, 5) is 22.4. The van der Waals surface area contributed by atoms with E-state index in [1.807, 2.05) is 6.92 Å². The Labute approximate surface area is 99.5 Å². The lowest BCUT2D eigenvalue weighted by atomic mass is 9.81. The van der Waals surface area contributed by atoms with Crippen LogP contribution >= 0.6 is 0 Å². The third kappa shape index (κ3) is 2.33. The Kier molecular flexibility index (Phi) is 3.76. The zero-order valence-corrected chi connectivity index (χ0v) is 10.1. The van der Waals surface area contributed by atoms with E-state index >= 15 is 0 Å². The minimum Gasteiger partial charge on any atom is -0.339 e. The Bertz CT molecular complexity index is 435. The molecule has 5 nitrogen and oxygen atoms in total. The number of nitroso groups, excluding NO2 is 1. The predicted molar refractivity (Wildman–Crippen MR) is 64.1 cm³/mol. The molecule has 0 aliphatic heterocycles. The van der Waals surface area contributed by atoms with Gasteiger partial charge in [0.1, 0.15) is 6.04 Å². The van der Waals surface area contributed by atoms with E-state index in [0.29, 0.717) is 12.0 Å². The zero-order chi connectivity index (χ0) is 12.3. The van der Waals surface area contributed by atoms with Crippen LogP contribution < -0.4 is 5.63 Å². The lowest BCUT2D eigenvalue weighted by Crippen LogP contribution is -2.22. The molecule has 94 valence electrons. The standard InChI is InChI=1S/C12H18N2O3/c1-2-5-9-11(14-17-12(9)15)8-6-3-4-7-10(8)13-16/h8,10,14H,2-7H2,1H3/t8-,10?/m0/s1. The third-order valence-corrected chi connectivity index (χ3v) is 3.56. The molecule has 0 saturated heterocycles. The number of hydrogen-bond acceptors (Lipinski definition) is 4. The monoisotopic (exact) mass is 238 g/mol. The van der Waals surface area contributed by atoms with Crippen LogP contribution in [0.4, 0.5) is 0 Å². The number of nitrogens with zero attached hydrogens (tertiary/aromatic N) is 1. The number of rotatable bonds is 4. The van der Waals surface area contributed by atoms with Crippen molar-refractivity contribution >= 4 is 0 Å². The van der Waals surface area contributed by atoms with Crippen molar-refractivity contribution in [2.75, 3.05) is 0 Å². The number of nitrogens with one attached hydrogen (secondary N) is 1. The van der Waals surface area contributed by atoms with E-state index in [1.54, 1.807) is 0 Å². The molecular weight excluding hydrogens is 220 g/mol. The van der Waals surface area contributed by atoms with Crippen LogP contribution in [-0.2, 0) is 6.42 Å². The van der Waals surface area contributed by atoms with Crippen molar-refractivity contribution in [1.29, 1.82) is 0 Å². The molecule has 1 aromatic heterocycles. The molecule has 1 heterocycles. The molecule has 0 spiro atoms. The van der Waals surface area contributed by atoms with Gasteiger partial charge in [-0.05, 0) is 19.3 Å². The summed E-state index contributed by atoms with van der Waals surface area (Å²) in [5.41, 5.74) is 1.21. The van der Waals surface area contributed by atoms with Crippen LogP contribution in [0.3, 0.4) is 0 Å². The highest BCUT2D eigenvalue weighted by molar-refractivity contribution is 5.22. The van der Waals surface area contributed by atoms with Gasteiger partial charge in [-0.2, -0.15) is 4.91 Å². The zero-order valence-electron chi connectivity index (χ0n) is 10.1. The normalized spacial score (nSPS) is 24.8. The van der Waals surface area contributed by atoms with E-state index in [4.69, 9.17) is 4.52 Å². The number of hydrogen-bond donors (Lipinski definition) is 1. The first kappa shape index (κ1) is 12.1. The summed E-state index contributed by atoms with van der Waals surface area (Å²) in [5.74, 6) is 0.0363. The number of aromatic amines is 1. The van der Waals surface area contributed by atoms with Gasteiger partial charge in [0.25, 0.3) is 0 Å². The van der Waals surface area contributed by atoms with Crippen LogP contribution in [0.15, 0.2) is 14.5 Å². The summed E-state index contributed by atoms with van der Waals surface area (Å²) < 4.78 is 4.87. The highest BCUT2D eigenvalue weighted by Gasteiger charge is 2.31. The van der Waals surface area contributed by atoms with Crippen LogP contribution in [0.25, 0.3) is 0 Å². The Morgan fingerprint density at radius 3 is 2.88 bits per heavy atom. The van der Waals surface area contributed by atoms with Gasteiger partial charge in [-0.25, -0.2) is 9.95 Å². The fraction of sp³-hybridized carbons (Fsp3) is 0.750. The lowest BCUT2D eigenvalue weighted by Gasteiger charge is -2.25. The third-order valence-electron chi connectivity index (χ3n) is 3.56. The summed E-state index contributed by atoms with van der Waals surface area (Å²) in [5, 5.41) is 5.91. The van der Waals surface area contributed by atoms with Crippen molar-refractivity contribution < 1.29 is 4.52 Å². The SMILES string of the molecule is CCCc1c([C@H]2CCCCC2N=O)[nH]oc1=O. The molecule has 1 aliphatic carbocycles. The van der Waals surface area contributed by atoms with Crippen LogP contribution in [0.1, 0.15) is 56.2 Å². The second-order valence-corrected chi connectivity index (χ2v) is 4.70. The quantitative estimate of drug-likeness (QED) is 0.819. The Morgan fingerprint density at radius 1 is 1.41 bits per heavy atom. The van der Waals surface area contributed by atoms with E-state index in [9.17, 15) is 9.70 Å². The molecule has 5 heteroatoms. The summed E-state index contributed by atoms with van der Waals surface area (Å²) in [7, 11) is 0. The van der Waals surface area contributed by atoms with Gasteiger partial charge >= 0.3 is 5.63 Å². The van der Waals surface area contributed by atoms with Crippen LogP contribution in [0.2, 0.25) is 0 Å². The molecule has 2 atom stereocenters. The van der Waals surface area contributed by atoms with Gasteiger partial charge in [0.15, 0.2) is 0 Å². The molecule has 1 fully saturated rings.